The molecule has 0 spiro atoms. The van der Waals surface area contributed by atoms with Crippen molar-refractivity contribution in [2.24, 2.45) is 0 Å². The summed E-state index contributed by atoms with van der Waals surface area (Å²) in [5.74, 6) is 0.733. The van der Waals surface area contributed by atoms with Gasteiger partial charge >= 0.3 is 0 Å². The first kappa shape index (κ1) is 19.0. The number of thiazole rings is 1. The third kappa shape index (κ3) is 3.96. The molecule has 0 fully saturated rings. The summed E-state index contributed by atoms with van der Waals surface area (Å²) in [5, 5.41) is 3.78. The molecule has 1 aromatic heterocycles. The van der Waals surface area contributed by atoms with Gasteiger partial charge in [-0.3, -0.25) is 0 Å². The number of sulfone groups is 1. The number of halogens is 2. The second-order valence-corrected chi connectivity index (χ2v) is 9.12. The van der Waals surface area contributed by atoms with Crippen molar-refractivity contribution in [2.45, 2.75) is 16.5 Å². The Balaban J connectivity index is 1.84. The lowest BCUT2D eigenvalue weighted by molar-refractivity contribution is 0.410. The monoisotopic (exact) mass is 428 g/mol. The van der Waals surface area contributed by atoms with Gasteiger partial charge in [-0.15, -0.1) is 0 Å². The van der Waals surface area contributed by atoms with Crippen molar-refractivity contribution in [1.82, 2.24) is 4.98 Å². The first-order valence-electron chi connectivity index (χ1n) is 7.44. The Hall–Kier alpha value is -1.80. The number of ether oxygens (including phenoxy) is 1. The number of para-hydroxylation sites is 1. The number of methoxy groups -OCH3 is 1. The lowest BCUT2D eigenvalue weighted by Gasteiger charge is -2.08. The Kier molecular flexibility index (Phi) is 5.72. The molecule has 0 unspecified atom stereocenters. The SMILES string of the molecule is COc1ccccc1CNc1nc(S(=O)(=O)c2ccc(Cl)cc2)c(Cl)s1. The molecule has 0 amide bonds. The lowest BCUT2D eigenvalue weighted by atomic mass is 10.2. The third-order valence-electron chi connectivity index (χ3n) is 3.56. The maximum atomic E-state index is 12.7. The largest absolute Gasteiger partial charge is 0.496 e. The van der Waals surface area contributed by atoms with Crippen molar-refractivity contribution < 1.29 is 13.2 Å². The normalized spacial score (nSPS) is 11.3. The maximum Gasteiger partial charge on any atom is 0.226 e. The summed E-state index contributed by atoms with van der Waals surface area (Å²) in [5.41, 5.74) is 0.920. The summed E-state index contributed by atoms with van der Waals surface area (Å²) >= 11 is 13.0. The van der Waals surface area contributed by atoms with Crippen molar-refractivity contribution in [3.63, 3.8) is 0 Å². The van der Waals surface area contributed by atoms with E-state index in [9.17, 15) is 8.42 Å². The number of hydrogen-bond acceptors (Lipinski definition) is 6. The van der Waals surface area contributed by atoms with Crippen LogP contribution < -0.4 is 10.1 Å². The molecule has 26 heavy (non-hydrogen) atoms. The highest BCUT2D eigenvalue weighted by Gasteiger charge is 2.25. The predicted molar refractivity (Wildman–Crippen MR) is 104 cm³/mol. The molecular formula is C17H14Cl2N2O3S2. The van der Waals surface area contributed by atoms with Gasteiger partial charge in [0.05, 0.1) is 12.0 Å². The molecule has 0 saturated heterocycles. The number of rotatable bonds is 6. The van der Waals surface area contributed by atoms with E-state index < -0.39 is 9.84 Å². The van der Waals surface area contributed by atoms with Crippen LogP contribution in [0, 0.1) is 0 Å². The van der Waals surface area contributed by atoms with Gasteiger partial charge in [-0.2, -0.15) is 0 Å². The zero-order valence-corrected chi connectivity index (χ0v) is 16.7. The molecule has 9 heteroatoms. The van der Waals surface area contributed by atoms with E-state index >= 15 is 0 Å². The van der Waals surface area contributed by atoms with Crippen LogP contribution in [0.1, 0.15) is 5.56 Å². The zero-order chi connectivity index (χ0) is 18.7. The summed E-state index contributed by atoms with van der Waals surface area (Å²) < 4.78 is 30.8. The fraction of sp³-hybridized carbons (Fsp3) is 0.118. The average Bonchev–Trinajstić information content (AvgIpc) is 3.02. The first-order valence-corrected chi connectivity index (χ1v) is 10.5. The standard InChI is InChI=1S/C17H14Cl2N2O3S2/c1-24-14-5-3-2-4-11(14)10-20-17-21-16(15(19)25-17)26(22,23)13-8-6-12(18)7-9-13/h2-9H,10H2,1H3,(H,20,21). The fourth-order valence-electron chi connectivity index (χ4n) is 2.27. The van der Waals surface area contributed by atoms with Crippen LogP contribution in [0.5, 0.6) is 5.75 Å². The second-order valence-electron chi connectivity index (χ2n) is 5.22. The molecule has 1 heterocycles. The highest BCUT2D eigenvalue weighted by atomic mass is 35.5. The third-order valence-corrected chi connectivity index (χ3v) is 6.96. The van der Waals surface area contributed by atoms with Crippen LogP contribution in [0.3, 0.4) is 0 Å². The van der Waals surface area contributed by atoms with Crippen LogP contribution >= 0.6 is 34.5 Å². The summed E-state index contributed by atoms with van der Waals surface area (Å²) in [4.78, 5) is 4.25. The van der Waals surface area contributed by atoms with Crippen molar-refractivity contribution in [1.29, 1.82) is 0 Å². The molecule has 0 radical (unpaired) electrons. The molecule has 0 saturated carbocycles. The van der Waals surface area contributed by atoms with Gasteiger partial charge in [-0.1, -0.05) is 52.7 Å². The van der Waals surface area contributed by atoms with E-state index in [2.05, 4.69) is 10.3 Å². The Morgan fingerprint density at radius 1 is 1.12 bits per heavy atom. The van der Waals surface area contributed by atoms with Crippen LogP contribution in [-0.4, -0.2) is 20.5 Å². The molecule has 0 aliphatic carbocycles. The molecule has 0 aliphatic heterocycles. The number of hydrogen-bond donors (Lipinski definition) is 1. The van der Waals surface area contributed by atoms with Gasteiger partial charge in [-0.25, -0.2) is 13.4 Å². The summed E-state index contributed by atoms with van der Waals surface area (Å²) in [7, 11) is -2.22. The van der Waals surface area contributed by atoms with E-state index in [1.54, 1.807) is 7.11 Å². The Morgan fingerprint density at radius 2 is 1.81 bits per heavy atom. The average molecular weight is 429 g/mol. The molecule has 0 atom stereocenters. The highest BCUT2D eigenvalue weighted by molar-refractivity contribution is 7.91. The fourth-order valence-corrected chi connectivity index (χ4v) is 5.20. The van der Waals surface area contributed by atoms with E-state index in [0.29, 0.717) is 16.7 Å². The molecule has 3 rings (SSSR count). The smallest absolute Gasteiger partial charge is 0.226 e. The van der Waals surface area contributed by atoms with Gasteiger partial charge in [0.15, 0.2) is 10.2 Å². The van der Waals surface area contributed by atoms with Crippen LogP contribution in [0.2, 0.25) is 9.36 Å². The molecule has 3 aromatic rings. The maximum absolute atomic E-state index is 12.7. The van der Waals surface area contributed by atoms with E-state index in [-0.39, 0.29) is 14.3 Å². The van der Waals surface area contributed by atoms with E-state index in [0.717, 1.165) is 22.6 Å². The molecular weight excluding hydrogens is 415 g/mol. The van der Waals surface area contributed by atoms with Gasteiger partial charge in [0.2, 0.25) is 9.84 Å². The Morgan fingerprint density at radius 3 is 2.50 bits per heavy atom. The number of aromatic nitrogens is 1. The summed E-state index contributed by atoms with van der Waals surface area (Å²) in [6, 6.07) is 13.4. The highest BCUT2D eigenvalue weighted by Crippen LogP contribution is 2.35. The van der Waals surface area contributed by atoms with Crippen molar-refractivity contribution in [3.05, 3.63) is 63.5 Å². The van der Waals surface area contributed by atoms with Gasteiger partial charge in [0.1, 0.15) is 10.1 Å². The van der Waals surface area contributed by atoms with Crippen molar-refractivity contribution in [3.8, 4) is 5.75 Å². The van der Waals surface area contributed by atoms with Crippen molar-refractivity contribution >= 4 is 49.5 Å². The van der Waals surface area contributed by atoms with Gasteiger partial charge in [0.25, 0.3) is 0 Å². The zero-order valence-electron chi connectivity index (χ0n) is 13.6. The molecule has 0 aliphatic rings. The van der Waals surface area contributed by atoms with Crippen LogP contribution in [0.25, 0.3) is 0 Å². The van der Waals surface area contributed by atoms with E-state index in [1.807, 2.05) is 24.3 Å². The predicted octanol–water partition coefficient (Wildman–Crippen LogP) is 4.90. The molecule has 0 bridgehead atoms. The molecule has 2 aromatic carbocycles. The minimum Gasteiger partial charge on any atom is -0.496 e. The van der Waals surface area contributed by atoms with Gasteiger partial charge < -0.3 is 10.1 Å². The Bertz CT molecular complexity index is 1020. The quantitative estimate of drug-likeness (QED) is 0.604. The van der Waals surface area contributed by atoms with Crippen LogP contribution in [0.15, 0.2) is 58.5 Å². The van der Waals surface area contributed by atoms with E-state index in [4.69, 9.17) is 27.9 Å². The number of benzene rings is 2. The molecule has 5 nitrogen and oxygen atoms in total. The topological polar surface area (TPSA) is 68.3 Å². The van der Waals surface area contributed by atoms with Gasteiger partial charge in [-0.05, 0) is 30.3 Å². The van der Waals surface area contributed by atoms with Crippen LogP contribution in [0.4, 0.5) is 5.13 Å². The Labute approximate surface area is 165 Å². The lowest BCUT2D eigenvalue weighted by Crippen LogP contribution is -2.04. The minimum absolute atomic E-state index is 0.0883. The number of nitrogens with one attached hydrogen (secondary N) is 1. The first-order chi connectivity index (χ1) is 12.4. The summed E-state index contributed by atoms with van der Waals surface area (Å²) in [6.45, 7) is 0.425. The number of nitrogens with zero attached hydrogens (tertiary/aromatic N) is 1. The molecule has 1 N–H and O–H groups in total. The van der Waals surface area contributed by atoms with E-state index in [1.165, 1.54) is 24.3 Å². The van der Waals surface area contributed by atoms with Gasteiger partial charge in [0, 0.05) is 17.1 Å². The second kappa shape index (κ2) is 7.84. The minimum atomic E-state index is -3.82. The summed E-state index contributed by atoms with van der Waals surface area (Å²) in [6.07, 6.45) is 0. The molecule has 136 valence electrons. The number of anilines is 1. The van der Waals surface area contributed by atoms with Crippen LogP contribution in [-0.2, 0) is 16.4 Å². The van der Waals surface area contributed by atoms with Crippen molar-refractivity contribution in [2.75, 3.05) is 12.4 Å².